The van der Waals surface area contributed by atoms with E-state index in [1.165, 1.54) is 0 Å². The third kappa shape index (κ3) is 4.76. The molecule has 1 fully saturated rings. The maximum Gasteiger partial charge on any atom is 0.224 e. The monoisotopic (exact) mass is 310 g/mol. The molecule has 2 rings (SSSR count). The third-order valence-corrected chi connectivity index (χ3v) is 4.87. The fraction of sp³-hybridized carbons (Fsp3) is 0.733. The van der Waals surface area contributed by atoms with Gasteiger partial charge in [-0.1, -0.05) is 13.8 Å². The summed E-state index contributed by atoms with van der Waals surface area (Å²) in [6.45, 7) is 10.5. The number of thiazole rings is 1. The number of hydrogen-bond donors (Lipinski definition) is 1. The largest absolute Gasteiger partial charge is 0.340 e. The van der Waals surface area contributed by atoms with Crippen LogP contribution in [0.2, 0.25) is 0 Å². The number of aromatic nitrogens is 1. The number of piperazine rings is 1. The topological polar surface area (TPSA) is 62.5 Å². The lowest BCUT2D eigenvalue weighted by molar-refractivity contribution is -0.133. The van der Waals surface area contributed by atoms with Gasteiger partial charge in [0.2, 0.25) is 5.91 Å². The van der Waals surface area contributed by atoms with Crippen molar-refractivity contribution in [2.45, 2.75) is 39.8 Å². The van der Waals surface area contributed by atoms with Crippen LogP contribution in [-0.4, -0.2) is 52.9 Å². The number of rotatable bonds is 5. The second kappa shape index (κ2) is 7.33. The summed E-state index contributed by atoms with van der Waals surface area (Å²) in [5.74, 6) is 0.545. The first-order valence-electron chi connectivity index (χ1n) is 7.62. The lowest BCUT2D eigenvalue weighted by atomic mass is 10.0. The van der Waals surface area contributed by atoms with Gasteiger partial charge in [-0.15, -0.1) is 11.3 Å². The smallest absolute Gasteiger partial charge is 0.224 e. The molecule has 1 aromatic heterocycles. The molecule has 5 nitrogen and oxygen atoms in total. The third-order valence-electron chi connectivity index (χ3n) is 4.04. The summed E-state index contributed by atoms with van der Waals surface area (Å²) in [5.41, 5.74) is 7.13. The molecular formula is C15H26N4OS. The minimum atomic E-state index is -0.0338. The van der Waals surface area contributed by atoms with E-state index in [1.54, 1.807) is 11.3 Å². The molecule has 1 unspecified atom stereocenters. The van der Waals surface area contributed by atoms with Crippen LogP contribution in [0, 0.1) is 12.8 Å². The molecule has 0 bridgehead atoms. The summed E-state index contributed by atoms with van der Waals surface area (Å²) in [7, 11) is 0. The molecule has 1 aliphatic rings. The molecule has 0 aromatic carbocycles. The number of hydrogen-bond acceptors (Lipinski definition) is 5. The van der Waals surface area contributed by atoms with Gasteiger partial charge in [-0.05, 0) is 12.8 Å². The Balaban J connectivity index is 1.76. The summed E-state index contributed by atoms with van der Waals surface area (Å²) in [4.78, 5) is 21.0. The van der Waals surface area contributed by atoms with E-state index in [0.29, 0.717) is 12.3 Å². The summed E-state index contributed by atoms with van der Waals surface area (Å²) >= 11 is 1.69. The molecule has 118 valence electrons. The Morgan fingerprint density at radius 3 is 2.57 bits per heavy atom. The van der Waals surface area contributed by atoms with E-state index in [-0.39, 0.29) is 11.9 Å². The van der Waals surface area contributed by atoms with Crippen molar-refractivity contribution >= 4 is 17.2 Å². The van der Waals surface area contributed by atoms with Gasteiger partial charge in [0.05, 0.1) is 10.7 Å². The quantitative estimate of drug-likeness (QED) is 0.894. The molecule has 0 radical (unpaired) electrons. The van der Waals surface area contributed by atoms with E-state index in [1.807, 2.05) is 11.8 Å². The molecule has 1 aromatic rings. The van der Waals surface area contributed by atoms with Crippen molar-refractivity contribution in [2.75, 3.05) is 26.2 Å². The lowest BCUT2D eigenvalue weighted by Crippen LogP contribution is -2.49. The molecule has 0 aliphatic carbocycles. The highest BCUT2D eigenvalue weighted by molar-refractivity contribution is 7.09. The normalized spacial score (nSPS) is 18.2. The number of carbonyl (C=O) groups excluding carboxylic acids is 1. The highest BCUT2D eigenvalue weighted by Crippen LogP contribution is 2.13. The van der Waals surface area contributed by atoms with Crippen LogP contribution in [0.3, 0.4) is 0 Å². The molecule has 21 heavy (non-hydrogen) atoms. The van der Waals surface area contributed by atoms with Crippen LogP contribution in [-0.2, 0) is 11.3 Å². The molecule has 0 spiro atoms. The Bertz CT molecular complexity index is 466. The van der Waals surface area contributed by atoms with Crippen LogP contribution >= 0.6 is 11.3 Å². The standard InChI is InChI=1S/C15H26N4OS/c1-11(2)14(16)8-15(20)19-6-4-18(5-7-19)9-13-10-21-12(3)17-13/h10-11,14H,4-9,16H2,1-3H3. The van der Waals surface area contributed by atoms with Crippen LogP contribution in [0.25, 0.3) is 0 Å². The van der Waals surface area contributed by atoms with Crippen molar-refractivity contribution in [1.82, 2.24) is 14.8 Å². The van der Waals surface area contributed by atoms with Crippen LogP contribution in [0.15, 0.2) is 5.38 Å². The molecule has 2 heterocycles. The first kappa shape index (κ1) is 16.4. The fourth-order valence-electron chi connectivity index (χ4n) is 2.43. The first-order chi connectivity index (χ1) is 9.95. The Kier molecular flexibility index (Phi) is 5.72. The summed E-state index contributed by atoms with van der Waals surface area (Å²) in [6, 6.07) is -0.0338. The van der Waals surface area contributed by atoms with E-state index in [9.17, 15) is 4.79 Å². The molecule has 6 heteroatoms. The number of nitrogens with zero attached hydrogens (tertiary/aromatic N) is 3. The van der Waals surface area contributed by atoms with Gasteiger partial charge >= 0.3 is 0 Å². The van der Waals surface area contributed by atoms with Crippen molar-refractivity contribution < 1.29 is 4.79 Å². The highest BCUT2D eigenvalue weighted by Gasteiger charge is 2.23. The number of amides is 1. The van der Waals surface area contributed by atoms with Crippen molar-refractivity contribution in [3.63, 3.8) is 0 Å². The predicted molar refractivity (Wildman–Crippen MR) is 86.1 cm³/mol. The number of carbonyl (C=O) groups is 1. The van der Waals surface area contributed by atoms with Gasteiger partial charge < -0.3 is 10.6 Å². The van der Waals surface area contributed by atoms with E-state index >= 15 is 0 Å². The number of nitrogens with two attached hydrogens (primary N) is 1. The molecular weight excluding hydrogens is 284 g/mol. The van der Waals surface area contributed by atoms with Gasteiger partial charge in [-0.3, -0.25) is 9.69 Å². The molecule has 1 amide bonds. The Hall–Kier alpha value is -0.980. The van der Waals surface area contributed by atoms with Crippen molar-refractivity contribution in [2.24, 2.45) is 11.7 Å². The zero-order chi connectivity index (χ0) is 15.4. The summed E-state index contributed by atoms with van der Waals surface area (Å²) in [6.07, 6.45) is 0.461. The SMILES string of the molecule is Cc1nc(CN2CCN(C(=O)CC(N)C(C)C)CC2)cs1. The molecule has 1 atom stereocenters. The maximum atomic E-state index is 12.2. The Morgan fingerprint density at radius 2 is 2.05 bits per heavy atom. The molecule has 2 N–H and O–H groups in total. The van der Waals surface area contributed by atoms with Gasteiger partial charge in [-0.2, -0.15) is 0 Å². The van der Waals surface area contributed by atoms with Gasteiger partial charge in [0.1, 0.15) is 0 Å². The fourth-order valence-corrected chi connectivity index (χ4v) is 3.04. The summed E-state index contributed by atoms with van der Waals surface area (Å²) in [5, 5.41) is 3.23. The van der Waals surface area contributed by atoms with E-state index in [2.05, 4.69) is 29.1 Å². The average molecular weight is 310 g/mol. The zero-order valence-corrected chi connectivity index (χ0v) is 14.0. The predicted octanol–water partition coefficient (Wildman–Crippen LogP) is 1.47. The van der Waals surface area contributed by atoms with Crippen LogP contribution in [0.5, 0.6) is 0 Å². The van der Waals surface area contributed by atoms with Gasteiger partial charge in [0.25, 0.3) is 0 Å². The average Bonchev–Trinajstić information content (AvgIpc) is 2.84. The van der Waals surface area contributed by atoms with E-state index in [4.69, 9.17) is 5.73 Å². The Labute approximate surface area is 131 Å². The first-order valence-corrected chi connectivity index (χ1v) is 8.50. The molecule has 1 saturated heterocycles. The minimum Gasteiger partial charge on any atom is -0.340 e. The van der Waals surface area contributed by atoms with Crippen molar-refractivity contribution in [1.29, 1.82) is 0 Å². The van der Waals surface area contributed by atoms with Crippen LogP contribution in [0.1, 0.15) is 31.0 Å². The maximum absolute atomic E-state index is 12.2. The van der Waals surface area contributed by atoms with Gasteiger partial charge in [-0.25, -0.2) is 4.98 Å². The lowest BCUT2D eigenvalue weighted by Gasteiger charge is -2.35. The number of aryl methyl sites for hydroxylation is 1. The van der Waals surface area contributed by atoms with Crippen LogP contribution in [0.4, 0.5) is 0 Å². The Morgan fingerprint density at radius 1 is 1.38 bits per heavy atom. The van der Waals surface area contributed by atoms with Gasteiger partial charge in [0.15, 0.2) is 0 Å². The molecule has 0 saturated carbocycles. The van der Waals surface area contributed by atoms with Crippen LogP contribution < -0.4 is 5.73 Å². The second-order valence-electron chi connectivity index (χ2n) is 6.13. The highest BCUT2D eigenvalue weighted by atomic mass is 32.1. The zero-order valence-electron chi connectivity index (χ0n) is 13.2. The van der Waals surface area contributed by atoms with Crippen molar-refractivity contribution in [3.8, 4) is 0 Å². The van der Waals surface area contributed by atoms with E-state index < -0.39 is 0 Å². The minimum absolute atomic E-state index is 0.0338. The van der Waals surface area contributed by atoms with Gasteiger partial charge in [0, 0.05) is 50.6 Å². The molecule has 1 aliphatic heterocycles. The van der Waals surface area contributed by atoms with E-state index in [0.717, 1.165) is 43.4 Å². The summed E-state index contributed by atoms with van der Waals surface area (Å²) < 4.78 is 0. The second-order valence-corrected chi connectivity index (χ2v) is 7.19. The van der Waals surface area contributed by atoms with Crippen molar-refractivity contribution in [3.05, 3.63) is 16.1 Å².